The van der Waals surface area contributed by atoms with Crippen LogP contribution in [0, 0.1) is 0 Å². The van der Waals surface area contributed by atoms with Crippen molar-refractivity contribution in [3.8, 4) is 0 Å². The monoisotopic (exact) mass is 343 g/mol. The summed E-state index contributed by atoms with van der Waals surface area (Å²) in [5.41, 5.74) is 4.67. The minimum Gasteiger partial charge on any atom is -0.378 e. The molecule has 4 aromatic rings. The highest BCUT2D eigenvalue weighted by Gasteiger charge is 2.18. The summed E-state index contributed by atoms with van der Waals surface area (Å²) in [4.78, 5) is 13.8. The molecule has 0 spiro atoms. The van der Waals surface area contributed by atoms with E-state index in [1.165, 1.54) is 22.2 Å². The van der Waals surface area contributed by atoms with Crippen LogP contribution in [-0.4, -0.2) is 29.0 Å². The Kier molecular flexibility index (Phi) is 4.27. The number of nitrogens with zero attached hydrogens (tertiary/aromatic N) is 3. The maximum absolute atomic E-state index is 4.34. The molecule has 0 saturated carbocycles. The number of nitrogens with one attached hydrogen (secondary N) is 2. The van der Waals surface area contributed by atoms with Gasteiger partial charge in [-0.1, -0.05) is 30.3 Å². The molecule has 2 aromatic carbocycles. The quantitative estimate of drug-likeness (QED) is 0.569. The molecule has 5 nitrogen and oxygen atoms in total. The van der Waals surface area contributed by atoms with Gasteiger partial charge in [0.15, 0.2) is 0 Å². The van der Waals surface area contributed by atoms with Crippen molar-refractivity contribution in [2.24, 2.45) is 0 Å². The molecule has 0 bridgehead atoms. The van der Waals surface area contributed by atoms with E-state index < -0.39 is 0 Å². The number of hydrogen-bond donors (Lipinski definition) is 2. The van der Waals surface area contributed by atoms with E-state index in [9.17, 15) is 0 Å². The van der Waals surface area contributed by atoms with Crippen molar-refractivity contribution >= 4 is 22.4 Å². The Balaban J connectivity index is 1.79. The minimum atomic E-state index is -0.0164. The van der Waals surface area contributed by atoms with Gasteiger partial charge in [-0.3, -0.25) is 0 Å². The van der Waals surface area contributed by atoms with Gasteiger partial charge in [0.05, 0.1) is 6.04 Å². The highest BCUT2D eigenvalue weighted by molar-refractivity contribution is 5.84. The van der Waals surface area contributed by atoms with Crippen molar-refractivity contribution in [2.75, 3.05) is 24.3 Å². The first-order valence-corrected chi connectivity index (χ1v) is 8.58. The lowest BCUT2D eigenvalue weighted by Gasteiger charge is -2.21. The fourth-order valence-electron chi connectivity index (χ4n) is 3.16. The van der Waals surface area contributed by atoms with Crippen LogP contribution in [0.1, 0.15) is 17.2 Å². The fourth-order valence-corrected chi connectivity index (χ4v) is 3.16. The molecule has 0 aliphatic heterocycles. The van der Waals surface area contributed by atoms with E-state index in [4.69, 9.17) is 0 Å². The highest BCUT2D eigenvalue weighted by Crippen LogP contribution is 2.32. The first-order valence-electron chi connectivity index (χ1n) is 8.58. The van der Waals surface area contributed by atoms with Crippen LogP contribution in [0.2, 0.25) is 0 Å². The molecule has 0 aliphatic rings. The van der Waals surface area contributed by atoms with E-state index >= 15 is 0 Å². The van der Waals surface area contributed by atoms with Crippen LogP contribution >= 0.6 is 0 Å². The highest BCUT2D eigenvalue weighted by atomic mass is 15.1. The maximum atomic E-state index is 4.34. The van der Waals surface area contributed by atoms with Crippen molar-refractivity contribution in [1.29, 1.82) is 0 Å². The summed E-state index contributed by atoms with van der Waals surface area (Å²) in [6, 6.07) is 18.8. The van der Waals surface area contributed by atoms with Crippen LogP contribution in [-0.2, 0) is 0 Å². The van der Waals surface area contributed by atoms with Crippen molar-refractivity contribution < 1.29 is 0 Å². The summed E-state index contributed by atoms with van der Waals surface area (Å²) in [6.45, 7) is 0. The van der Waals surface area contributed by atoms with Crippen molar-refractivity contribution in [2.45, 2.75) is 6.04 Å². The van der Waals surface area contributed by atoms with Crippen LogP contribution in [0.5, 0.6) is 0 Å². The van der Waals surface area contributed by atoms with Gasteiger partial charge in [-0.05, 0) is 29.8 Å². The average molecular weight is 343 g/mol. The fraction of sp³-hybridized carbons (Fsp3) is 0.143. The molecule has 26 heavy (non-hydrogen) atoms. The number of benzene rings is 2. The second-order valence-corrected chi connectivity index (χ2v) is 6.45. The van der Waals surface area contributed by atoms with Gasteiger partial charge in [0.25, 0.3) is 0 Å². The van der Waals surface area contributed by atoms with E-state index in [2.05, 4.69) is 73.8 Å². The zero-order chi connectivity index (χ0) is 17.9. The Morgan fingerprint density at radius 2 is 1.81 bits per heavy atom. The Morgan fingerprint density at radius 1 is 1.00 bits per heavy atom. The minimum absolute atomic E-state index is 0.0164. The molecule has 5 heteroatoms. The number of hydrogen-bond acceptors (Lipinski definition) is 4. The zero-order valence-electron chi connectivity index (χ0n) is 14.8. The van der Waals surface area contributed by atoms with E-state index in [1.54, 1.807) is 12.5 Å². The summed E-state index contributed by atoms with van der Waals surface area (Å²) in [5.74, 6) is 0.798. The third-order valence-electron chi connectivity index (χ3n) is 4.55. The molecular formula is C21H21N5. The molecule has 1 atom stereocenters. The van der Waals surface area contributed by atoms with Crippen LogP contribution in [0.4, 0.5) is 11.5 Å². The lowest BCUT2D eigenvalue weighted by Crippen LogP contribution is -2.14. The van der Waals surface area contributed by atoms with Gasteiger partial charge < -0.3 is 15.2 Å². The zero-order valence-corrected chi connectivity index (χ0v) is 14.8. The number of rotatable bonds is 5. The number of para-hydroxylation sites is 1. The molecule has 0 radical (unpaired) electrons. The van der Waals surface area contributed by atoms with Crippen LogP contribution in [0.15, 0.2) is 73.3 Å². The molecule has 2 aromatic heterocycles. The predicted molar refractivity (Wildman–Crippen MR) is 107 cm³/mol. The molecule has 2 heterocycles. The van der Waals surface area contributed by atoms with Gasteiger partial charge in [0, 0.05) is 48.6 Å². The largest absolute Gasteiger partial charge is 0.378 e. The number of aromatic amines is 1. The molecule has 0 amide bonds. The number of fused-ring (bicyclic) bond motifs is 1. The summed E-state index contributed by atoms with van der Waals surface area (Å²) in [6.07, 6.45) is 5.38. The summed E-state index contributed by atoms with van der Waals surface area (Å²) in [7, 11) is 4.09. The first kappa shape index (κ1) is 16.1. The van der Waals surface area contributed by atoms with E-state index in [-0.39, 0.29) is 6.04 Å². The third kappa shape index (κ3) is 3.11. The van der Waals surface area contributed by atoms with Gasteiger partial charge in [-0.2, -0.15) is 0 Å². The van der Waals surface area contributed by atoms with Crippen molar-refractivity contribution in [1.82, 2.24) is 15.0 Å². The van der Waals surface area contributed by atoms with Crippen molar-refractivity contribution in [3.05, 3.63) is 84.4 Å². The van der Waals surface area contributed by atoms with E-state index in [0.717, 1.165) is 11.3 Å². The standard InChI is InChI=1S/C21H21N5/c1-26(2)16-9-7-15(8-10-16)21(25-20-11-12-22-14-24-20)18-13-23-19-6-4-3-5-17(18)19/h3-14,21,23H,1-2H3,(H,22,24,25). The van der Waals surface area contributed by atoms with Gasteiger partial charge in [-0.25, -0.2) is 9.97 Å². The lowest BCUT2D eigenvalue weighted by atomic mass is 9.97. The normalized spacial score (nSPS) is 12.1. The summed E-state index contributed by atoms with van der Waals surface area (Å²) < 4.78 is 0. The third-order valence-corrected chi connectivity index (χ3v) is 4.55. The lowest BCUT2D eigenvalue weighted by molar-refractivity contribution is 0.929. The Morgan fingerprint density at radius 3 is 2.54 bits per heavy atom. The molecule has 2 N–H and O–H groups in total. The maximum Gasteiger partial charge on any atom is 0.130 e. The molecule has 4 rings (SSSR count). The van der Waals surface area contributed by atoms with Gasteiger partial charge in [0.2, 0.25) is 0 Å². The SMILES string of the molecule is CN(C)c1ccc(C(Nc2ccncn2)c2c[nH]c3ccccc23)cc1. The number of H-pyrrole nitrogens is 1. The first-order chi connectivity index (χ1) is 12.7. The topological polar surface area (TPSA) is 56.8 Å². The van der Waals surface area contributed by atoms with Crippen LogP contribution in [0.25, 0.3) is 10.9 Å². The molecular weight excluding hydrogens is 322 g/mol. The molecule has 0 saturated heterocycles. The Labute approximate surface area is 152 Å². The number of anilines is 2. The molecule has 1 unspecified atom stereocenters. The summed E-state index contributed by atoms with van der Waals surface area (Å²) in [5, 5.41) is 4.76. The molecule has 0 fully saturated rings. The Bertz CT molecular complexity index is 990. The van der Waals surface area contributed by atoms with E-state index in [1.807, 2.05) is 26.2 Å². The number of aromatic nitrogens is 3. The smallest absolute Gasteiger partial charge is 0.130 e. The second-order valence-electron chi connectivity index (χ2n) is 6.45. The van der Waals surface area contributed by atoms with Crippen LogP contribution < -0.4 is 10.2 Å². The summed E-state index contributed by atoms with van der Waals surface area (Å²) >= 11 is 0. The molecule has 0 aliphatic carbocycles. The van der Waals surface area contributed by atoms with E-state index in [0.29, 0.717) is 0 Å². The average Bonchev–Trinajstić information content (AvgIpc) is 3.11. The Hall–Kier alpha value is -3.34. The molecule has 130 valence electrons. The van der Waals surface area contributed by atoms with Crippen LogP contribution in [0.3, 0.4) is 0 Å². The van der Waals surface area contributed by atoms with Gasteiger partial charge in [0.1, 0.15) is 12.1 Å². The van der Waals surface area contributed by atoms with Gasteiger partial charge >= 0.3 is 0 Å². The second kappa shape index (κ2) is 6.88. The predicted octanol–water partition coefficient (Wildman–Crippen LogP) is 4.23. The van der Waals surface area contributed by atoms with Crippen molar-refractivity contribution in [3.63, 3.8) is 0 Å². The van der Waals surface area contributed by atoms with Gasteiger partial charge in [-0.15, -0.1) is 0 Å².